The van der Waals surface area contributed by atoms with E-state index in [4.69, 9.17) is 4.74 Å². The number of pyridine rings is 1. The van der Waals surface area contributed by atoms with Gasteiger partial charge in [-0.1, -0.05) is 0 Å². The van der Waals surface area contributed by atoms with E-state index < -0.39 is 0 Å². The van der Waals surface area contributed by atoms with Crippen LogP contribution in [0, 0.1) is 0 Å². The highest BCUT2D eigenvalue weighted by Crippen LogP contribution is 2.27. The van der Waals surface area contributed by atoms with Gasteiger partial charge in [-0.3, -0.25) is 4.79 Å². The number of morpholine rings is 1. The molecule has 2 bridgehead atoms. The van der Waals surface area contributed by atoms with E-state index in [1.165, 1.54) is 12.3 Å². The maximum Gasteiger partial charge on any atom is 0.276 e. The lowest BCUT2D eigenvalue weighted by Gasteiger charge is -2.31. The molecule has 3 heterocycles. The number of likely N-dealkylation sites (tertiary alicyclic amines) is 1. The zero-order valence-corrected chi connectivity index (χ0v) is 9.37. The molecule has 0 radical (unpaired) electrons. The third-order valence-corrected chi connectivity index (χ3v) is 3.32. The standard InChI is InChI=1S/C12H14N2O3/c15-10-2-1-5-13-11(10)12(16)14-6-8-3-4-9(7-14)17-8/h1-2,5,8-9,15H,3-4,6-7H2. The van der Waals surface area contributed by atoms with Crippen molar-refractivity contribution in [2.75, 3.05) is 13.1 Å². The van der Waals surface area contributed by atoms with Crippen molar-refractivity contribution in [1.29, 1.82) is 0 Å². The lowest BCUT2D eigenvalue weighted by Crippen LogP contribution is -2.46. The van der Waals surface area contributed by atoms with Gasteiger partial charge < -0.3 is 14.7 Å². The van der Waals surface area contributed by atoms with Crippen LogP contribution in [0.15, 0.2) is 18.3 Å². The molecule has 2 saturated heterocycles. The lowest BCUT2D eigenvalue weighted by molar-refractivity contribution is -0.0306. The molecule has 1 aromatic rings. The molecule has 1 aromatic heterocycles. The average molecular weight is 234 g/mol. The summed E-state index contributed by atoms with van der Waals surface area (Å²) in [6.45, 7) is 1.21. The summed E-state index contributed by atoms with van der Waals surface area (Å²) in [4.78, 5) is 17.9. The van der Waals surface area contributed by atoms with Crippen molar-refractivity contribution in [2.24, 2.45) is 0 Å². The molecule has 1 amide bonds. The smallest absolute Gasteiger partial charge is 0.276 e. The van der Waals surface area contributed by atoms with Crippen LogP contribution in [0.5, 0.6) is 5.75 Å². The summed E-state index contributed by atoms with van der Waals surface area (Å²) < 4.78 is 5.67. The van der Waals surface area contributed by atoms with Crippen LogP contribution in [0.1, 0.15) is 23.3 Å². The largest absolute Gasteiger partial charge is 0.505 e. The number of aromatic hydroxyl groups is 1. The van der Waals surface area contributed by atoms with E-state index >= 15 is 0 Å². The fourth-order valence-corrected chi connectivity index (χ4v) is 2.49. The molecule has 0 aliphatic carbocycles. The Morgan fingerprint density at radius 1 is 1.41 bits per heavy atom. The summed E-state index contributed by atoms with van der Waals surface area (Å²) in [6, 6.07) is 3.09. The molecule has 2 aliphatic rings. The average Bonchev–Trinajstić information content (AvgIpc) is 2.68. The molecule has 0 saturated carbocycles. The fourth-order valence-electron chi connectivity index (χ4n) is 2.49. The lowest BCUT2D eigenvalue weighted by atomic mass is 10.2. The van der Waals surface area contributed by atoms with Gasteiger partial charge in [0.25, 0.3) is 5.91 Å². The Kier molecular flexibility index (Phi) is 2.48. The van der Waals surface area contributed by atoms with Crippen molar-refractivity contribution in [1.82, 2.24) is 9.88 Å². The number of hydrogen-bond donors (Lipinski definition) is 1. The zero-order valence-electron chi connectivity index (χ0n) is 9.37. The first kappa shape index (κ1) is 10.5. The number of hydrogen-bond acceptors (Lipinski definition) is 4. The molecular weight excluding hydrogens is 220 g/mol. The van der Waals surface area contributed by atoms with Crippen LogP contribution in [-0.4, -0.2) is 46.2 Å². The van der Waals surface area contributed by atoms with Gasteiger partial charge in [-0.2, -0.15) is 0 Å². The van der Waals surface area contributed by atoms with Crippen LogP contribution in [-0.2, 0) is 4.74 Å². The highest BCUT2D eigenvalue weighted by atomic mass is 16.5. The quantitative estimate of drug-likeness (QED) is 0.780. The van der Waals surface area contributed by atoms with Gasteiger partial charge >= 0.3 is 0 Å². The van der Waals surface area contributed by atoms with Crippen LogP contribution in [0.4, 0.5) is 0 Å². The molecule has 5 nitrogen and oxygen atoms in total. The predicted molar refractivity (Wildman–Crippen MR) is 59.7 cm³/mol. The number of rotatable bonds is 1. The third-order valence-electron chi connectivity index (χ3n) is 3.32. The molecule has 3 rings (SSSR count). The Bertz CT molecular complexity index is 437. The molecule has 17 heavy (non-hydrogen) atoms. The van der Waals surface area contributed by atoms with Crippen molar-refractivity contribution in [3.05, 3.63) is 24.0 Å². The second-order valence-corrected chi connectivity index (χ2v) is 4.54. The number of fused-ring (bicyclic) bond motifs is 2. The number of aromatic nitrogens is 1. The second kappa shape index (κ2) is 4.00. The highest BCUT2D eigenvalue weighted by molar-refractivity contribution is 5.94. The molecule has 2 unspecified atom stereocenters. The summed E-state index contributed by atoms with van der Waals surface area (Å²) in [5.41, 5.74) is 0.133. The predicted octanol–water partition coefficient (Wildman–Crippen LogP) is 0.791. The summed E-state index contributed by atoms with van der Waals surface area (Å²) >= 11 is 0. The first-order chi connectivity index (χ1) is 8.24. The van der Waals surface area contributed by atoms with Crippen molar-refractivity contribution in [3.8, 4) is 5.75 Å². The van der Waals surface area contributed by atoms with E-state index in [-0.39, 0.29) is 29.6 Å². The Morgan fingerprint density at radius 3 is 2.76 bits per heavy atom. The first-order valence-electron chi connectivity index (χ1n) is 5.83. The Labute approximate surface area is 99.0 Å². The van der Waals surface area contributed by atoms with Crippen LogP contribution in [0.3, 0.4) is 0 Å². The van der Waals surface area contributed by atoms with Crippen molar-refractivity contribution >= 4 is 5.91 Å². The van der Waals surface area contributed by atoms with E-state index in [2.05, 4.69) is 4.98 Å². The van der Waals surface area contributed by atoms with Crippen molar-refractivity contribution in [2.45, 2.75) is 25.0 Å². The van der Waals surface area contributed by atoms with E-state index in [1.807, 2.05) is 0 Å². The summed E-state index contributed by atoms with van der Waals surface area (Å²) in [5, 5.41) is 9.62. The molecular formula is C12H14N2O3. The van der Waals surface area contributed by atoms with E-state index in [1.54, 1.807) is 11.0 Å². The minimum Gasteiger partial charge on any atom is -0.505 e. The Balaban J connectivity index is 1.81. The van der Waals surface area contributed by atoms with E-state index in [0.29, 0.717) is 13.1 Å². The van der Waals surface area contributed by atoms with Crippen molar-refractivity contribution < 1.29 is 14.6 Å². The van der Waals surface area contributed by atoms with Gasteiger partial charge in [-0.05, 0) is 25.0 Å². The Hall–Kier alpha value is -1.62. The zero-order chi connectivity index (χ0) is 11.8. The normalized spacial score (nSPS) is 27.2. The highest BCUT2D eigenvalue weighted by Gasteiger charge is 2.36. The second-order valence-electron chi connectivity index (χ2n) is 4.54. The number of carbonyl (C=O) groups is 1. The SMILES string of the molecule is O=C(c1ncccc1O)N1CC2CCC(C1)O2. The van der Waals surface area contributed by atoms with Gasteiger partial charge in [0.05, 0.1) is 12.2 Å². The monoisotopic (exact) mass is 234 g/mol. The molecule has 0 aromatic carbocycles. The van der Waals surface area contributed by atoms with Gasteiger partial charge in [0.2, 0.25) is 0 Å². The van der Waals surface area contributed by atoms with Gasteiger partial charge in [-0.15, -0.1) is 0 Å². The molecule has 1 N–H and O–H groups in total. The molecule has 2 aliphatic heterocycles. The topological polar surface area (TPSA) is 62.7 Å². The van der Waals surface area contributed by atoms with E-state index in [0.717, 1.165) is 12.8 Å². The maximum atomic E-state index is 12.2. The summed E-state index contributed by atoms with van der Waals surface area (Å²) in [6.07, 6.45) is 3.86. The first-order valence-corrected chi connectivity index (χ1v) is 5.83. The minimum absolute atomic E-state index is 0.0589. The van der Waals surface area contributed by atoms with Gasteiger partial charge in [0.1, 0.15) is 5.75 Å². The van der Waals surface area contributed by atoms with Crippen LogP contribution in [0.25, 0.3) is 0 Å². The van der Waals surface area contributed by atoms with Crippen LogP contribution < -0.4 is 0 Å². The molecule has 2 fully saturated rings. The number of ether oxygens (including phenoxy) is 1. The number of carbonyl (C=O) groups excluding carboxylic acids is 1. The van der Waals surface area contributed by atoms with Gasteiger partial charge in [0.15, 0.2) is 5.69 Å². The fraction of sp³-hybridized carbons (Fsp3) is 0.500. The number of nitrogens with zero attached hydrogens (tertiary/aromatic N) is 2. The molecule has 2 atom stereocenters. The minimum atomic E-state index is -0.205. The summed E-state index contributed by atoms with van der Waals surface area (Å²) in [7, 11) is 0. The molecule has 5 heteroatoms. The maximum absolute atomic E-state index is 12.2. The van der Waals surface area contributed by atoms with Gasteiger partial charge in [0, 0.05) is 19.3 Å². The molecule has 0 spiro atoms. The van der Waals surface area contributed by atoms with Gasteiger partial charge in [-0.25, -0.2) is 4.98 Å². The van der Waals surface area contributed by atoms with Crippen LogP contribution >= 0.6 is 0 Å². The number of amides is 1. The van der Waals surface area contributed by atoms with Crippen LogP contribution in [0.2, 0.25) is 0 Å². The Morgan fingerprint density at radius 2 is 2.12 bits per heavy atom. The summed E-state index contributed by atoms with van der Waals surface area (Å²) in [5.74, 6) is -0.264. The third kappa shape index (κ3) is 1.86. The van der Waals surface area contributed by atoms with Crippen molar-refractivity contribution in [3.63, 3.8) is 0 Å². The molecule has 90 valence electrons. The van der Waals surface area contributed by atoms with E-state index in [9.17, 15) is 9.90 Å².